The van der Waals surface area contributed by atoms with Crippen molar-refractivity contribution < 1.29 is 69.7 Å². The number of ether oxygens (including phenoxy) is 4. The third-order valence-electron chi connectivity index (χ3n) is 7.46. The molecule has 2 aromatic rings. The van der Waals surface area contributed by atoms with Crippen molar-refractivity contribution in [3.63, 3.8) is 0 Å². The largest absolute Gasteiger partial charge is 0.508 e. The number of benzene rings is 2. The van der Waals surface area contributed by atoms with Gasteiger partial charge in [0.05, 0.1) is 12.7 Å². The zero-order chi connectivity index (χ0) is 30.9. The second-order valence-electron chi connectivity index (χ2n) is 10.6. The van der Waals surface area contributed by atoms with Gasteiger partial charge >= 0.3 is 0 Å². The highest BCUT2D eigenvalue weighted by Gasteiger charge is 2.56. The summed E-state index contributed by atoms with van der Waals surface area (Å²) < 4.78 is 22.7. The number of phenolic OH excluding ortho intramolecular Hbond substituents is 3. The van der Waals surface area contributed by atoms with Crippen molar-refractivity contribution in [2.24, 2.45) is 0 Å². The molecule has 4 rings (SSSR count). The van der Waals surface area contributed by atoms with E-state index in [4.69, 9.17) is 18.9 Å². The van der Waals surface area contributed by atoms with Crippen LogP contribution in [0, 0.1) is 0 Å². The van der Waals surface area contributed by atoms with Crippen LogP contribution in [0.15, 0.2) is 36.4 Å². The molecule has 9 N–H and O–H groups in total. The van der Waals surface area contributed by atoms with Crippen LogP contribution < -0.4 is 4.74 Å². The smallest absolute Gasteiger partial charge is 0.237 e. The quantitative estimate of drug-likeness (QED) is 0.159. The van der Waals surface area contributed by atoms with Crippen molar-refractivity contribution >= 4 is 5.78 Å². The van der Waals surface area contributed by atoms with Crippen LogP contribution in [0.3, 0.4) is 0 Å². The SMILES string of the molecule is C[C@@H]1O[C@@H](O[C@H]2[C@H](O)[C@@H](O)[C@H](CO)OC2(C)Oc2cc(O)c(C(=O)CCc3ccc(O)cc3)c(O)c2)[C@H](O)[C@H](O)[C@H]1O. The summed E-state index contributed by atoms with van der Waals surface area (Å²) in [5.41, 5.74) is 0.378. The van der Waals surface area contributed by atoms with Gasteiger partial charge in [0.1, 0.15) is 65.2 Å². The number of aliphatic hydroxyl groups excluding tert-OH is 6. The Morgan fingerprint density at radius 1 is 0.905 bits per heavy atom. The molecular weight excluding hydrogens is 560 g/mol. The minimum absolute atomic E-state index is 0.0694. The van der Waals surface area contributed by atoms with Crippen molar-refractivity contribution in [1.29, 1.82) is 0 Å². The lowest BCUT2D eigenvalue weighted by Gasteiger charge is -2.50. The van der Waals surface area contributed by atoms with Gasteiger partial charge in [-0.2, -0.15) is 0 Å². The molecule has 232 valence electrons. The lowest BCUT2D eigenvalue weighted by atomic mass is 9.92. The summed E-state index contributed by atoms with van der Waals surface area (Å²) in [6.45, 7) is 1.92. The van der Waals surface area contributed by atoms with E-state index in [2.05, 4.69) is 0 Å². The third-order valence-corrected chi connectivity index (χ3v) is 7.46. The molecule has 0 bridgehead atoms. The predicted molar refractivity (Wildman–Crippen MR) is 141 cm³/mol. The maximum Gasteiger partial charge on any atom is 0.237 e. The number of ketones is 1. The first-order valence-electron chi connectivity index (χ1n) is 13.3. The first-order valence-corrected chi connectivity index (χ1v) is 13.3. The molecule has 0 radical (unpaired) electrons. The summed E-state index contributed by atoms with van der Waals surface area (Å²) in [6, 6.07) is 8.23. The summed E-state index contributed by atoms with van der Waals surface area (Å²) in [6.07, 6.45) is -13.9. The lowest BCUT2D eigenvalue weighted by molar-refractivity contribution is -0.382. The topological polar surface area (TPSA) is 236 Å². The molecule has 0 aromatic heterocycles. The molecule has 10 atom stereocenters. The molecule has 0 amide bonds. The fourth-order valence-corrected chi connectivity index (χ4v) is 5.06. The molecular formula is C28H36O14. The summed E-state index contributed by atoms with van der Waals surface area (Å²) >= 11 is 0. The Labute approximate surface area is 240 Å². The molecule has 14 heteroatoms. The summed E-state index contributed by atoms with van der Waals surface area (Å²) in [5, 5.41) is 92.3. The second kappa shape index (κ2) is 12.7. The van der Waals surface area contributed by atoms with Crippen LogP contribution in [0.1, 0.15) is 36.2 Å². The standard InChI is InChI=1S/C28H36O14/c1-12-21(34)23(36)25(38)27(39-12)40-26-24(37)22(35)19(11-29)42-28(26,2)41-15-9-17(32)20(18(33)10-15)16(31)8-5-13-3-6-14(30)7-4-13/h3-4,6-7,9-10,12,19,21-27,29-30,32-38H,5,8,11H2,1-2H3/t12-,19-,21-,22-,23+,24+,25+,26-,27-,28?/m0/s1. The van der Waals surface area contributed by atoms with Crippen LogP contribution in [0.2, 0.25) is 0 Å². The molecule has 2 heterocycles. The minimum atomic E-state index is -2.08. The van der Waals surface area contributed by atoms with Crippen LogP contribution >= 0.6 is 0 Å². The minimum Gasteiger partial charge on any atom is -0.508 e. The molecule has 2 fully saturated rings. The molecule has 0 aliphatic carbocycles. The van der Waals surface area contributed by atoms with E-state index in [1.54, 1.807) is 12.1 Å². The first kappa shape index (κ1) is 31.9. The van der Waals surface area contributed by atoms with Gasteiger partial charge < -0.3 is 64.9 Å². The monoisotopic (exact) mass is 596 g/mol. The Morgan fingerprint density at radius 3 is 2.12 bits per heavy atom. The van der Waals surface area contributed by atoms with Gasteiger partial charge in [-0.3, -0.25) is 4.79 Å². The number of Topliss-reactive ketones (excluding diaryl/α,β-unsaturated/α-hetero) is 1. The maximum absolute atomic E-state index is 12.8. The predicted octanol–water partition coefficient (Wildman–Crippen LogP) is -0.961. The van der Waals surface area contributed by atoms with Crippen LogP contribution in [-0.4, -0.2) is 119 Å². The van der Waals surface area contributed by atoms with E-state index in [-0.39, 0.29) is 29.9 Å². The highest BCUT2D eigenvalue weighted by Crippen LogP contribution is 2.40. The van der Waals surface area contributed by atoms with E-state index < -0.39 is 84.8 Å². The highest BCUT2D eigenvalue weighted by atomic mass is 16.8. The number of hydrogen-bond acceptors (Lipinski definition) is 14. The number of rotatable bonds is 9. The molecule has 2 saturated heterocycles. The molecule has 0 spiro atoms. The van der Waals surface area contributed by atoms with Gasteiger partial charge in [-0.25, -0.2) is 0 Å². The first-order chi connectivity index (χ1) is 19.7. The van der Waals surface area contributed by atoms with Crippen molar-refractivity contribution in [2.75, 3.05) is 6.61 Å². The molecule has 14 nitrogen and oxygen atoms in total. The van der Waals surface area contributed by atoms with Crippen LogP contribution in [-0.2, 0) is 20.6 Å². The number of aliphatic hydroxyl groups is 6. The van der Waals surface area contributed by atoms with Gasteiger partial charge in [0.15, 0.2) is 18.2 Å². The summed E-state index contributed by atoms with van der Waals surface area (Å²) in [5.74, 6) is -4.11. The Bertz CT molecular complexity index is 1210. The van der Waals surface area contributed by atoms with Crippen molar-refractivity contribution in [3.8, 4) is 23.0 Å². The number of aromatic hydroxyl groups is 3. The molecule has 0 saturated carbocycles. The Hall–Kier alpha value is -3.05. The molecule has 42 heavy (non-hydrogen) atoms. The van der Waals surface area contributed by atoms with Gasteiger partial charge in [0, 0.05) is 25.5 Å². The van der Waals surface area contributed by atoms with E-state index >= 15 is 0 Å². The Balaban J connectivity index is 1.57. The number of hydrogen-bond donors (Lipinski definition) is 9. The third kappa shape index (κ3) is 6.46. The van der Waals surface area contributed by atoms with Gasteiger partial charge in [0.2, 0.25) is 5.79 Å². The van der Waals surface area contributed by atoms with Crippen molar-refractivity contribution in [1.82, 2.24) is 0 Å². The van der Waals surface area contributed by atoms with Gasteiger partial charge in [-0.05, 0) is 31.0 Å². The lowest BCUT2D eigenvalue weighted by Crippen LogP contribution is -2.69. The van der Waals surface area contributed by atoms with Crippen LogP contribution in [0.4, 0.5) is 0 Å². The van der Waals surface area contributed by atoms with Gasteiger partial charge in [0.25, 0.3) is 0 Å². The van der Waals surface area contributed by atoms with E-state index in [1.165, 1.54) is 26.0 Å². The van der Waals surface area contributed by atoms with E-state index in [0.717, 1.165) is 17.7 Å². The average molecular weight is 597 g/mol. The van der Waals surface area contributed by atoms with E-state index in [9.17, 15) is 50.8 Å². The zero-order valence-electron chi connectivity index (χ0n) is 22.8. The number of aryl methyl sites for hydroxylation is 1. The average Bonchev–Trinajstić information content (AvgIpc) is 2.94. The Kier molecular flexibility index (Phi) is 9.62. The van der Waals surface area contributed by atoms with E-state index in [0.29, 0.717) is 0 Å². The molecule has 2 aliphatic heterocycles. The fourth-order valence-electron chi connectivity index (χ4n) is 5.06. The zero-order valence-corrected chi connectivity index (χ0v) is 22.8. The van der Waals surface area contributed by atoms with Crippen molar-refractivity contribution in [3.05, 3.63) is 47.5 Å². The van der Waals surface area contributed by atoms with E-state index in [1.807, 2.05) is 0 Å². The van der Waals surface area contributed by atoms with Crippen molar-refractivity contribution in [2.45, 2.75) is 87.6 Å². The summed E-state index contributed by atoms with van der Waals surface area (Å²) in [7, 11) is 0. The molecule has 2 aliphatic rings. The van der Waals surface area contributed by atoms with Gasteiger partial charge in [-0.1, -0.05) is 12.1 Å². The summed E-state index contributed by atoms with van der Waals surface area (Å²) in [4.78, 5) is 12.8. The fraction of sp³-hybridized carbons (Fsp3) is 0.536. The second-order valence-corrected chi connectivity index (χ2v) is 10.6. The highest BCUT2D eigenvalue weighted by molar-refractivity contribution is 6.01. The maximum atomic E-state index is 12.8. The molecule has 1 unspecified atom stereocenters. The molecule has 2 aromatic carbocycles. The number of carbonyl (C=O) groups is 1. The van der Waals surface area contributed by atoms with Crippen LogP contribution in [0.25, 0.3) is 0 Å². The van der Waals surface area contributed by atoms with Gasteiger partial charge in [-0.15, -0.1) is 0 Å². The number of phenols is 3. The normalized spacial score (nSPS) is 35.1. The Morgan fingerprint density at radius 2 is 1.52 bits per heavy atom. The van der Waals surface area contributed by atoms with Crippen LogP contribution in [0.5, 0.6) is 23.0 Å². The number of carbonyl (C=O) groups excluding carboxylic acids is 1.